The normalized spacial score (nSPS) is 15.4. The fourth-order valence-corrected chi connectivity index (χ4v) is 4.41. The van der Waals surface area contributed by atoms with Crippen molar-refractivity contribution in [3.05, 3.63) is 57.2 Å². The van der Waals surface area contributed by atoms with E-state index in [-0.39, 0.29) is 11.9 Å². The molecule has 1 N–H and O–H groups in total. The minimum Gasteiger partial charge on any atom is -0.356 e. The Balaban J connectivity index is 1.68. The van der Waals surface area contributed by atoms with Crippen molar-refractivity contribution >= 4 is 45.6 Å². The van der Waals surface area contributed by atoms with Crippen molar-refractivity contribution in [1.29, 1.82) is 0 Å². The smallest absolute Gasteiger partial charge is 0.255 e. The van der Waals surface area contributed by atoms with E-state index in [0.717, 1.165) is 51.9 Å². The lowest BCUT2D eigenvalue weighted by Crippen LogP contribution is -2.29. The molecular weight excluding hydrogens is 366 g/mol. The van der Waals surface area contributed by atoms with Gasteiger partial charge in [0.15, 0.2) is 0 Å². The second kappa shape index (κ2) is 7.25. The number of carbonyl (C=O) groups excluding carboxylic acids is 1. The number of fused-ring (bicyclic) bond motifs is 1. The molecule has 0 spiro atoms. The zero-order valence-electron chi connectivity index (χ0n) is 14.5. The van der Waals surface area contributed by atoms with Crippen LogP contribution >= 0.6 is 22.9 Å². The van der Waals surface area contributed by atoms with E-state index in [9.17, 15) is 4.79 Å². The van der Waals surface area contributed by atoms with E-state index in [2.05, 4.69) is 10.2 Å². The van der Waals surface area contributed by atoms with Gasteiger partial charge in [0.05, 0.1) is 21.5 Å². The number of halogens is 1. The molecule has 3 heterocycles. The summed E-state index contributed by atoms with van der Waals surface area (Å²) in [5.41, 5.74) is 1.56. The Hall–Kier alpha value is -2.11. The van der Waals surface area contributed by atoms with E-state index in [1.54, 1.807) is 0 Å². The van der Waals surface area contributed by atoms with Crippen LogP contribution in [0.2, 0.25) is 4.34 Å². The van der Waals surface area contributed by atoms with E-state index < -0.39 is 0 Å². The topological polar surface area (TPSA) is 45.2 Å². The van der Waals surface area contributed by atoms with Gasteiger partial charge in [-0.25, -0.2) is 4.98 Å². The maximum absolute atomic E-state index is 13.1. The molecule has 0 saturated carbocycles. The lowest BCUT2D eigenvalue weighted by atomic mass is 10.1. The number of anilines is 1. The van der Waals surface area contributed by atoms with Crippen LogP contribution in [0.15, 0.2) is 42.5 Å². The first-order chi connectivity index (χ1) is 12.6. The van der Waals surface area contributed by atoms with Crippen LogP contribution < -0.4 is 10.2 Å². The van der Waals surface area contributed by atoms with Crippen LogP contribution in [0.25, 0.3) is 10.9 Å². The van der Waals surface area contributed by atoms with Crippen molar-refractivity contribution in [3.63, 3.8) is 0 Å². The highest BCUT2D eigenvalue weighted by molar-refractivity contribution is 7.16. The maximum Gasteiger partial charge on any atom is 0.255 e. The third-order valence-electron chi connectivity index (χ3n) is 4.72. The Morgan fingerprint density at radius 1 is 1.23 bits per heavy atom. The molecular formula is C20H20ClN3OS. The molecule has 0 radical (unpaired) electrons. The summed E-state index contributed by atoms with van der Waals surface area (Å²) in [6.45, 7) is 3.87. The highest BCUT2D eigenvalue weighted by Gasteiger charge is 2.23. The summed E-state index contributed by atoms with van der Waals surface area (Å²) in [5, 5.41) is 4.08. The molecule has 1 unspecified atom stereocenters. The number of thiophene rings is 1. The molecule has 1 saturated heterocycles. The second-order valence-corrected chi connectivity index (χ2v) is 8.33. The number of amides is 1. The van der Waals surface area contributed by atoms with E-state index in [0.29, 0.717) is 5.56 Å². The van der Waals surface area contributed by atoms with E-state index in [1.165, 1.54) is 11.3 Å². The number of para-hydroxylation sites is 1. The predicted molar refractivity (Wildman–Crippen MR) is 108 cm³/mol. The largest absolute Gasteiger partial charge is 0.356 e. The van der Waals surface area contributed by atoms with Gasteiger partial charge in [0.1, 0.15) is 5.82 Å². The highest BCUT2D eigenvalue weighted by Crippen LogP contribution is 2.29. The number of hydrogen-bond donors (Lipinski definition) is 1. The number of nitrogens with one attached hydrogen (secondary N) is 1. The van der Waals surface area contributed by atoms with Crippen LogP contribution in [0.3, 0.4) is 0 Å². The van der Waals surface area contributed by atoms with Crippen LogP contribution in [0, 0.1) is 0 Å². The first-order valence-corrected chi connectivity index (χ1v) is 10.0. The van der Waals surface area contributed by atoms with Gasteiger partial charge in [-0.1, -0.05) is 29.8 Å². The van der Waals surface area contributed by atoms with Crippen LogP contribution in [0.1, 0.15) is 41.0 Å². The van der Waals surface area contributed by atoms with Crippen molar-refractivity contribution in [2.75, 3.05) is 18.0 Å². The van der Waals surface area contributed by atoms with Gasteiger partial charge in [-0.2, -0.15) is 0 Å². The number of nitrogens with zero attached hydrogens (tertiary/aromatic N) is 2. The molecule has 0 aliphatic carbocycles. The van der Waals surface area contributed by atoms with Gasteiger partial charge in [0.25, 0.3) is 5.91 Å². The van der Waals surface area contributed by atoms with E-state index in [1.807, 2.05) is 49.4 Å². The quantitative estimate of drug-likeness (QED) is 0.684. The molecule has 6 heteroatoms. The Bertz CT molecular complexity index is 949. The van der Waals surface area contributed by atoms with Gasteiger partial charge in [0.2, 0.25) is 0 Å². The summed E-state index contributed by atoms with van der Waals surface area (Å²) in [7, 11) is 0. The summed E-state index contributed by atoms with van der Waals surface area (Å²) in [5.74, 6) is 0.692. The van der Waals surface area contributed by atoms with Crippen LogP contribution in [0.5, 0.6) is 0 Å². The number of rotatable bonds is 4. The summed E-state index contributed by atoms with van der Waals surface area (Å²) in [6.07, 6.45) is 2.28. The zero-order valence-corrected chi connectivity index (χ0v) is 16.1. The fourth-order valence-electron chi connectivity index (χ4n) is 3.35. The summed E-state index contributed by atoms with van der Waals surface area (Å²) < 4.78 is 0.728. The van der Waals surface area contributed by atoms with Gasteiger partial charge in [-0.15, -0.1) is 11.3 Å². The average Bonchev–Trinajstić information content (AvgIpc) is 3.32. The number of benzene rings is 1. The standard InChI is InChI=1S/C20H20ClN3OS/c1-13(17-8-9-18(21)26-17)22-20(25)15-12-14-6-2-3-7-16(14)23-19(15)24-10-4-5-11-24/h2-3,6-9,12-13H,4-5,10-11H2,1H3,(H,22,25). The molecule has 1 aliphatic rings. The summed E-state index contributed by atoms with van der Waals surface area (Å²) in [4.78, 5) is 21.1. The van der Waals surface area contributed by atoms with Crippen molar-refractivity contribution in [2.24, 2.45) is 0 Å². The number of pyridine rings is 1. The third kappa shape index (κ3) is 3.41. The minimum absolute atomic E-state index is 0.0952. The molecule has 134 valence electrons. The highest BCUT2D eigenvalue weighted by atomic mass is 35.5. The molecule has 1 aromatic carbocycles. The van der Waals surface area contributed by atoms with Crippen LogP contribution in [-0.2, 0) is 0 Å². The Morgan fingerprint density at radius 3 is 2.73 bits per heavy atom. The van der Waals surface area contributed by atoms with Gasteiger partial charge in [0, 0.05) is 23.4 Å². The monoisotopic (exact) mass is 385 g/mol. The summed E-state index contributed by atoms with van der Waals surface area (Å²) >= 11 is 7.51. The van der Waals surface area contributed by atoms with Gasteiger partial charge in [-0.05, 0) is 44.0 Å². The SMILES string of the molecule is CC(NC(=O)c1cc2ccccc2nc1N1CCCC1)c1ccc(Cl)s1. The van der Waals surface area contributed by atoms with E-state index in [4.69, 9.17) is 16.6 Å². The second-order valence-electron chi connectivity index (χ2n) is 6.58. The molecule has 0 bridgehead atoms. The van der Waals surface area contributed by atoms with Crippen molar-refractivity contribution < 1.29 is 4.79 Å². The molecule has 1 fully saturated rings. The average molecular weight is 386 g/mol. The van der Waals surface area contributed by atoms with Crippen molar-refractivity contribution in [2.45, 2.75) is 25.8 Å². The summed E-state index contributed by atoms with van der Waals surface area (Å²) in [6, 6.07) is 13.6. The Kier molecular flexibility index (Phi) is 4.83. The molecule has 1 aliphatic heterocycles. The van der Waals surface area contributed by atoms with Crippen molar-refractivity contribution in [1.82, 2.24) is 10.3 Å². The zero-order chi connectivity index (χ0) is 18.1. The molecule has 4 rings (SSSR count). The maximum atomic E-state index is 13.1. The lowest BCUT2D eigenvalue weighted by molar-refractivity contribution is 0.0941. The van der Waals surface area contributed by atoms with Crippen molar-refractivity contribution in [3.8, 4) is 0 Å². The first kappa shape index (κ1) is 17.3. The molecule has 1 amide bonds. The molecule has 1 atom stereocenters. The lowest BCUT2D eigenvalue weighted by Gasteiger charge is -2.21. The van der Waals surface area contributed by atoms with Crippen LogP contribution in [-0.4, -0.2) is 24.0 Å². The van der Waals surface area contributed by atoms with Gasteiger partial charge >= 0.3 is 0 Å². The molecule has 4 nitrogen and oxygen atoms in total. The molecule has 26 heavy (non-hydrogen) atoms. The van der Waals surface area contributed by atoms with Gasteiger partial charge in [-0.3, -0.25) is 4.79 Å². The van der Waals surface area contributed by atoms with Crippen LogP contribution in [0.4, 0.5) is 5.82 Å². The van der Waals surface area contributed by atoms with Gasteiger partial charge < -0.3 is 10.2 Å². The Labute approximate surface area is 161 Å². The van der Waals surface area contributed by atoms with E-state index >= 15 is 0 Å². The third-order valence-corrected chi connectivity index (χ3v) is 6.14. The predicted octanol–water partition coefficient (Wildman–Crippen LogP) is 5.04. The Morgan fingerprint density at radius 2 is 2.00 bits per heavy atom. The fraction of sp³-hybridized carbons (Fsp3) is 0.300. The first-order valence-electron chi connectivity index (χ1n) is 8.82. The number of carbonyl (C=O) groups is 1. The molecule has 3 aromatic rings. The molecule has 2 aromatic heterocycles. The number of hydrogen-bond acceptors (Lipinski definition) is 4. The minimum atomic E-state index is -0.0992. The number of aromatic nitrogens is 1.